The third-order valence-electron chi connectivity index (χ3n) is 4.17. The fourth-order valence-electron chi connectivity index (χ4n) is 3.01. The van der Waals surface area contributed by atoms with Gasteiger partial charge in [-0.1, -0.05) is 18.9 Å². The fourth-order valence-corrected chi connectivity index (χ4v) is 4.07. The minimum absolute atomic E-state index is 0.0670. The number of anilines is 1. The minimum Gasteiger partial charge on any atom is -0.496 e. The molecule has 1 saturated carbocycles. The van der Waals surface area contributed by atoms with Crippen molar-refractivity contribution >= 4 is 33.0 Å². The Balaban J connectivity index is 1.82. The fraction of sp³-hybridized carbons (Fsp3) is 0.438. The highest BCUT2D eigenvalue weighted by Gasteiger charge is 2.21. The Bertz CT molecular complexity index is 660. The topological polar surface area (TPSA) is 64.3 Å². The molecule has 0 bridgehead atoms. The standard InChI is InChI=1S/C16H20N2O2S/c1-20-11-7-4-8-12-13(11)14(17)15(21-12)16(19)18-9-10-5-2-3-6-10/h4,7-8,10H,2-3,5-6,9,17H2,1H3,(H,18,19). The zero-order chi connectivity index (χ0) is 14.8. The summed E-state index contributed by atoms with van der Waals surface area (Å²) in [6, 6.07) is 5.75. The van der Waals surface area contributed by atoms with Crippen molar-refractivity contribution in [2.75, 3.05) is 19.4 Å². The van der Waals surface area contributed by atoms with Crippen LogP contribution in [0, 0.1) is 5.92 Å². The lowest BCUT2D eigenvalue weighted by Gasteiger charge is -2.10. The number of nitrogens with one attached hydrogen (secondary N) is 1. The summed E-state index contributed by atoms with van der Waals surface area (Å²) in [5, 5.41) is 3.87. The molecular weight excluding hydrogens is 284 g/mol. The van der Waals surface area contributed by atoms with E-state index in [0.29, 0.717) is 16.5 Å². The number of thiophene rings is 1. The molecule has 4 nitrogen and oxygen atoms in total. The van der Waals surface area contributed by atoms with E-state index in [-0.39, 0.29) is 5.91 Å². The van der Waals surface area contributed by atoms with Crippen molar-refractivity contribution in [3.8, 4) is 5.75 Å². The number of methoxy groups -OCH3 is 1. The van der Waals surface area contributed by atoms with Crippen molar-refractivity contribution in [2.45, 2.75) is 25.7 Å². The first-order chi connectivity index (χ1) is 10.2. The number of carbonyl (C=O) groups excluding carboxylic acids is 1. The van der Waals surface area contributed by atoms with Crippen LogP contribution in [0.2, 0.25) is 0 Å². The largest absolute Gasteiger partial charge is 0.496 e. The minimum atomic E-state index is -0.0670. The van der Waals surface area contributed by atoms with E-state index in [9.17, 15) is 4.79 Å². The molecule has 1 aromatic carbocycles. The molecule has 0 atom stereocenters. The number of hydrogen-bond donors (Lipinski definition) is 2. The van der Waals surface area contributed by atoms with Gasteiger partial charge in [-0.05, 0) is 30.9 Å². The SMILES string of the molecule is COc1cccc2sc(C(=O)NCC3CCCC3)c(N)c12. The number of nitrogens with two attached hydrogens (primary N) is 1. The first-order valence-corrected chi connectivity index (χ1v) is 8.15. The van der Waals surface area contributed by atoms with Gasteiger partial charge in [-0.25, -0.2) is 0 Å². The van der Waals surface area contributed by atoms with E-state index in [1.807, 2.05) is 18.2 Å². The molecule has 2 aromatic rings. The van der Waals surface area contributed by atoms with Crippen LogP contribution in [0.3, 0.4) is 0 Å². The van der Waals surface area contributed by atoms with E-state index in [1.54, 1.807) is 7.11 Å². The van der Waals surface area contributed by atoms with Crippen molar-refractivity contribution in [1.29, 1.82) is 0 Å². The van der Waals surface area contributed by atoms with Gasteiger partial charge in [0, 0.05) is 11.2 Å². The predicted octanol–water partition coefficient (Wildman–Crippen LogP) is 3.41. The summed E-state index contributed by atoms with van der Waals surface area (Å²) in [6.07, 6.45) is 5.00. The summed E-state index contributed by atoms with van der Waals surface area (Å²) in [5.74, 6) is 1.28. The summed E-state index contributed by atoms with van der Waals surface area (Å²) >= 11 is 1.43. The van der Waals surface area contributed by atoms with Gasteiger partial charge in [0.1, 0.15) is 10.6 Å². The van der Waals surface area contributed by atoms with E-state index in [0.717, 1.165) is 22.4 Å². The van der Waals surface area contributed by atoms with E-state index in [1.165, 1.54) is 37.0 Å². The maximum absolute atomic E-state index is 12.4. The number of benzene rings is 1. The molecule has 0 unspecified atom stereocenters. The number of hydrogen-bond acceptors (Lipinski definition) is 4. The third kappa shape index (κ3) is 2.70. The van der Waals surface area contributed by atoms with Crippen molar-refractivity contribution < 1.29 is 9.53 Å². The number of fused-ring (bicyclic) bond motifs is 1. The molecule has 0 saturated heterocycles. The lowest BCUT2D eigenvalue weighted by atomic mass is 10.1. The quantitative estimate of drug-likeness (QED) is 0.909. The molecule has 0 aliphatic heterocycles. The lowest BCUT2D eigenvalue weighted by molar-refractivity contribution is 0.0952. The van der Waals surface area contributed by atoms with Gasteiger partial charge in [0.2, 0.25) is 0 Å². The summed E-state index contributed by atoms with van der Waals surface area (Å²) in [6.45, 7) is 0.754. The van der Waals surface area contributed by atoms with Gasteiger partial charge < -0.3 is 15.8 Å². The monoisotopic (exact) mass is 304 g/mol. The van der Waals surface area contributed by atoms with Gasteiger partial charge in [0.15, 0.2) is 0 Å². The number of ether oxygens (including phenoxy) is 1. The van der Waals surface area contributed by atoms with Gasteiger partial charge in [0.25, 0.3) is 5.91 Å². The highest BCUT2D eigenvalue weighted by molar-refractivity contribution is 7.21. The number of amides is 1. The summed E-state index contributed by atoms with van der Waals surface area (Å²) in [5.41, 5.74) is 6.69. The van der Waals surface area contributed by atoms with Gasteiger partial charge in [0.05, 0.1) is 18.2 Å². The van der Waals surface area contributed by atoms with Crippen LogP contribution in [0.5, 0.6) is 5.75 Å². The predicted molar refractivity (Wildman–Crippen MR) is 87.1 cm³/mol. The van der Waals surface area contributed by atoms with Crippen LogP contribution in [0.15, 0.2) is 18.2 Å². The van der Waals surface area contributed by atoms with Crippen LogP contribution >= 0.6 is 11.3 Å². The van der Waals surface area contributed by atoms with Crippen LogP contribution in [-0.4, -0.2) is 19.6 Å². The molecule has 5 heteroatoms. The van der Waals surface area contributed by atoms with E-state index in [2.05, 4.69) is 5.32 Å². The highest BCUT2D eigenvalue weighted by Crippen LogP contribution is 2.39. The van der Waals surface area contributed by atoms with E-state index in [4.69, 9.17) is 10.5 Å². The Labute approximate surface area is 128 Å². The molecule has 3 N–H and O–H groups in total. The Morgan fingerprint density at radius 1 is 1.43 bits per heavy atom. The Morgan fingerprint density at radius 2 is 2.19 bits per heavy atom. The Hall–Kier alpha value is -1.75. The van der Waals surface area contributed by atoms with Crippen LogP contribution in [0.1, 0.15) is 35.4 Å². The zero-order valence-corrected chi connectivity index (χ0v) is 13.0. The molecule has 21 heavy (non-hydrogen) atoms. The molecule has 0 spiro atoms. The molecule has 1 aromatic heterocycles. The Kier molecular flexibility index (Phi) is 4.01. The van der Waals surface area contributed by atoms with Gasteiger partial charge in [-0.15, -0.1) is 11.3 Å². The van der Waals surface area contributed by atoms with Crippen molar-refractivity contribution in [1.82, 2.24) is 5.32 Å². The summed E-state index contributed by atoms with van der Waals surface area (Å²) in [7, 11) is 1.62. The van der Waals surface area contributed by atoms with Crippen LogP contribution < -0.4 is 15.8 Å². The average molecular weight is 304 g/mol. The molecule has 112 valence electrons. The van der Waals surface area contributed by atoms with Crippen molar-refractivity contribution in [3.63, 3.8) is 0 Å². The summed E-state index contributed by atoms with van der Waals surface area (Å²) in [4.78, 5) is 13.0. The smallest absolute Gasteiger partial charge is 0.263 e. The second-order valence-electron chi connectivity index (χ2n) is 5.54. The first kappa shape index (κ1) is 14.2. The van der Waals surface area contributed by atoms with Gasteiger partial charge >= 0.3 is 0 Å². The molecule has 1 fully saturated rings. The molecule has 1 heterocycles. The van der Waals surface area contributed by atoms with E-state index >= 15 is 0 Å². The molecule has 3 rings (SSSR count). The lowest BCUT2D eigenvalue weighted by Crippen LogP contribution is -2.28. The number of nitrogen functional groups attached to an aromatic ring is 1. The van der Waals surface area contributed by atoms with Crippen molar-refractivity contribution in [3.05, 3.63) is 23.1 Å². The highest BCUT2D eigenvalue weighted by atomic mass is 32.1. The van der Waals surface area contributed by atoms with Crippen LogP contribution in [0.25, 0.3) is 10.1 Å². The first-order valence-electron chi connectivity index (χ1n) is 7.34. The number of carbonyl (C=O) groups is 1. The van der Waals surface area contributed by atoms with E-state index < -0.39 is 0 Å². The van der Waals surface area contributed by atoms with Crippen LogP contribution in [0.4, 0.5) is 5.69 Å². The zero-order valence-electron chi connectivity index (χ0n) is 12.1. The molecule has 1 aliphatic carbocycles. The summed E-state index contributed by atoms with van der Waals surface area (Å²) < 4.78 is 6.32. The molecule has 1 aliphatic rings. The Morgan fingerprint density at radius 3 is 2.90 bits per heavy atom. The average Bonchev–Trinajstić information content (AvgIpc) is 3.13. The molecular formula is C16H20N2O2S. The normalized spacial score (nSPS) is 15.5. The maximum Gasteiger partial charge on any atom is 0.263 e. The number of rotatable bonds is 4. The van der Waals surface area contributed by atoms with Crippen LogP contribution in [-0.2, 0) is 0 Å². The second kappa shape index (κ2) is 5.93. The third-order valence-corrected chi connectivity index (χ3v) is 5.34. The van der Waals surface area contributed by atoms with Crippen molar-refractivity contribution in [2.24, 2.45) is 5.92 Å². The van der Waals surface area contributed by atoms with Gasteiger partial charge in [-0.3, -0.25) is 4.79 Å². The van der Waals surface area contributed by atoms with Gasteiger partial charge in [-0.2, -0.15) is 0 Å². The molecule has 0 radical (unpaired) electrons. The maximum atomic E-state index is 12.4. The molecule has 1 amide bonds. The second-order valence-corrected chi connectivity index (χ2v) is 6.59.